The summed E-state index contributed by atoms with van der Waals surface area (Å²) < 4.78 is 7.29. The highest BCUT2D eigenvalue weighted by Crippen LogP contribution is 2.11. The van der Waals surface area contributed by atoms with E-state index in [2.05, 4.69) is 10.3 Å². The third-order valence-corrected chi connectivity index (χ3v) is 2.88. The predicted molar refractivity (Wildman–Crippen MR) is 70.9 cm³/mol. The first-order chi connectivity index (χ1) is 9.31. The number of carbonyl (C=O) groups is 1. The molecule has 0 aromatic carbocycles. The van der Waals surface area contributed by atoms with E-state index in [-0.39, 0.29) is 11.6 Å². The molecule has 0 saturated heterocycles. The maximum absolute atomic E-state index is 12.0. The Kier molecular flexibility index (Phi) is 3.31. The summed E-state index contributed by atoms with van der Waals surface area (Å²) in [6, 6.07) is 1.16. The van der Waals surface area contributed by atoms with Crippen LogP contribution in [0.5, 0.6) is 0 Å². The van der Waals surface area contributed by atoms with E-state index in [0.29, 0.717) is 11.6 Å². The van der Waals surface area contributed by atoms with Gasteiger partial charge in [0.15, 0.2) is 5.89 Å². The number of hydrogen-bond donors (Lipinski definition) is 1. The van der Waals surface area contributed by atoms with Crippen molar-refractivity contribution in [3.63, 3.8) is 0 Å². The molecule has 0 radical (unpaired) electrons. The molecule has 2 rings (SSSR count). The van der Waals surface area contributed by atoms with Crippen molar-refractivity contribution in [2.24, 2.45) is 14.1 Å². The fraction of sp³-hybridized carbons (Fsp3) is 0.333. The lowest BCUT2D eigenvalue weighted by Gasteiger charge is -2.09. The molecule has 0 bridgehead atoms. The average Bonchev–Trinajstić information content (AvgIpc) is 2.72. The number of rotatable bonds is 2. The molecule has 0 aliphatic carbocycles. The van der Waals surface area contributed by atoms with Crippen molar-refractivity contribution < 1.29 is 9.21 Å². The van der Waals surface area contributed by atoms with Gasteiger partial charge in [0.05, 0.1) is 5.69 Å². The Balaban J connectivity index is 2.41. The van der Waals surface area contributed by atoms with E-state index in [0.717, 1.165) is 15.2 Å². The zero-order chi connectivity index (χ0) is 15.0. The molecule has 0 unspecified atom stereocenters. The average molecular weight is 278 g/mol. The summed E-state index contributed by atoms with van der Waals surface area (Å²) in [5.41, 5.74) is -0.596. The molecule has 8 heteroatoms. The van der Waals surface area contributed by atoms with E-state index in [1.165, 1.54) is 14.1 Å². The van der Waals surface area contributed by atoms with Gasteiger partial charge < -0.3 is 9.73 Å². The van der Waals surface area contributed by atoms with Crippen LogP contribution in [0.2, 0.25) is 0 Å². The van der Waals surface area contributed by atoms with Crippen LogP contribution in [0.3, 0.4) is 0 Å². The van der Waals surface area contributed by atoms with Gasteiger partial charge in [0.2, 0.25) is 5.76 Å². The summed E-state index contributed by atoms with van der Waals surface area (Å²) in [5, 5.41) is 2.47. The second kappa shape index (κ2) is 4.80. The Morgan fingerprint density at radius 1 is 1.25 bits per heavy atom. The van der Waals surface area contributed by atoms with Gasteiger partial charge in [0.25, 0.3) is 11.5 Å². The van der Waals surface area contributed by atoms with Crippen LogP contribution in [-0.2, 0) is 14.1 Å². The first-order valence-corrected chi connectivity index (χ1v) is 5.83. The van der Waals surface area contributed by atoms with Crippen molar-refractivity contribution in [1.82, 2.24) is 14.1 Å². The quantitative estimate of drug-likeness (QED) is 0.829. The third kappa shape index (κ3) is 2.27. The Labute approximate surface area is 113 Å². The normalized spacial score (nSPS) is 10.6. The van der Waals surface area contributed by atoms with Crippen LogP contribution >= 0.6 is 0 Å². The molecule has 0 atom stereocenters. The van der Waals surface area contributed by atoms with Gasteiger partial charge in [0.1, 0.15) is 5.82 Å². The monoisotopic (exact) mass is 278 g/mol. The number of amides is 1. The number of oxazole rings is 1. The summed E-state index contributed by atoms with van der Waals surface area (Å²) in [4.78, 5) is 39.3. The molecular weight excluding hydrogens is 264 g/mol. The smallest absolute Gasteiger partial charge is 0.332 e. The number of aryl methyl sites for hydroxylation is 2. The number of anilines is 1. The molecule has 0 saturated carbocycles. The van der Waals surface area contributed by atoms with E-state index in [1.807, 2.05) is 0 Å². The maximum Gasteiger partial charge on any atom is 0.332 e. The van der Waals surface area contributed by atoms with Gasteiger partial charge in [-0.2, -0.15) is 0 Å². The molecule has 20 heavy (non-hydrogen) atoms. The molecule has 1 amide bonds. The van der Waals surface area contributed by atoms with Crippen molar-refractivity contribution in [2.45, 2.75) is 13.8 Å². The number of aromatic nitrogens is 3. The standard InChI is InChI=1S/C12H14N4O4/c1-6-10(20-7(2)13-6)11(18)14-8-5-9(17)16(4)12(19)15(8)3/h5H,1-4H3,(H,14,18). The van der Waals surface area contributed by atoms with Crippen LogP contribution < -0.4 is 16.6 Å². The fourth-order valence-corrected chi connectivity index (χ4v) is 1.77. The molecule has 0 aliphatic heterocycles. The Bertz CT molecular complexity index is 797. The SMILES string of the molecule is Cc1nc(C)c(C(=O)Nc2cc(=O)n(C)c(=O)n2C)o1. The minimum atomic E-state index is -0.564. The van der Waals surface area contributed by atoms with E-state index < -0.39 is 17.2 Å². The first kappa shape index (κ1) is 13.8. The van der Waals surface area contributed by atoms with Crippen molar-refractivity contribution in [3.8, 4) is 0 Å². The zero-order valence-electron chi connectivity index (χ0n) is 11.6. The van der Waals surface area contributed by atoms with Crippen LogP contribution in [0.1, 0.15) is 22.1 Å². The van der Waals surface area contributed by atoms with Gasteiger partial charge in [-0.15, -0.1) is 0 Å². The largest absolute Gasteiger partial charge is 0.436 e. The maximum atomic E-state index is 12.0. The summed E-state index contributed by atoms with van der Waals surface area (Å²) >= 11 is 0. The van der Waals surface area contributed by atoms with Crippen molar-refractivity contribution in [1.29, 1.82) is 0 Å². The Hall–Kier alpha value is -2.64. The molecule has 8 nitrogen and oxygen atoms in total. The van der Waals surface area contributed by atoms with Crippen LogP contribution in [-0.4, -0.2) is 20.0 Å². The second-order valence-corrected chi connectivity index (χ2v) is 4.37. The minimum absolute atomic E-state index is 0.0515. The van der Waals surface area contributed by atoms with Gasteiger partial charge in [0, 0.05) is 27.1 Å². The Morgan fingerprint density at radius 2 is 1.90 bits per heavy atom. The number of nitrogens with zero attached hydrogens (tertiary/aromatic N) is 3. The lowest BCUT2D eigenvalue weighted by molar-refractivity contribution is 0.0993. The summed E-state index contributed by atoms with van der Waals surface area (Å²) in [7, 11) is 2.82. The van der Waals surface area contributed by atoms with Gasteiger partial charge in [-0.3, -0.25) is 18.7 Å². The van der Waals surface area contributed by atoms with Gasteiger partial charge in [-0.1, -0.05) is 0 Å². The predicted octanol–water partition coefficient (Wildman–Crippen LogP) is -0.0589. The van der Waals surface area contributed by atoms with E-state index >= 15 is 0 Å². The van der Waals surface area contributed by atoms with Crippen LogP contribution in [0, 0.1) is 13.8 Å². The molecule has 0 fully saturated rings. The van der Waals surface area contributed by atoms with Gasteiger partial charge >= 0.3 is 5.69 Å². The van der Waals surface area contributed by atoms with E-state index in [1.54, 1.807) is 13.8 Å². The highest BCUT2D eigenvalue weighted by Gasteiger charge is 2.17. The summed E-state index contributed by atoms with van der Waals surface area (Å²) in [5.74, 6) is -0.0518. The number of nitrogens with one attached hydrogen (secondary N) is 1. The third-order valence-electron chi connectivity index (χ3n) is 2.88. The summed E-state index contributed by atoms with van der Waals surface area (Å²) in [6.45, 7) is 3.26. The summed E-state index contributed by atoms with van der Waals surface area (Å²) in [6.07, 6.45) is 0. The van der Waals surface area contributed by atoms with E-state index in [4.69, 9.17) is 4.42 Å². The molecule has 2 heterocycles. The molecule has 0 aliphatic rings. The van der Waals surface area contributed by atoms with Gasteiger partial charge in [-0.05, 0) is 6.92 Å². The van der Waals surface area contributed by atoms with Crippen molar-refractivity contribution >= 4 is 11.7 Å². The molecule has 2 aromatic heterocycles. The second-order valence-electron chi connectivity index (χ2n) is 4.37. The van der Waals surface area contributed by atoms with Crippen molar-refractivity contribution in [3.05, 3.63) is 44.2 Å². The van der Waals surface area contributed by atoms with Crippen LogP contribution in [0.25, 0.3) is 0 Å². The topological polar surface area (TPSA) is 99.1 Å². The lowest BCUT2D eigenvalue weighted by atomic mass is 10.3. The zero-order valence-corrected chi connectivity index (χ0v) is 11.6. The molecule has 2 aromatic rings. The van der Waals surface area contributed by atoms with Crippen LogP contribution in [0.4, 0.5) is 5.82 Å². The Morgan fingerprint density at radius 3 is 2.45 bits per heavy atom. The number of carbonyl (C=O) groups excluding carboxylic acids is 1. The fourth-order valence-electron chi connectivity index (χ4n) is 1.77. The van der Waals surface area contributed by atoms with Crippen molar-refractivity contribution in [2.75, 3.05) is 5.32 Å². The first-order valence-electron chi connectivity index (χ1n) is 5.83. The molecule has 106 valence electrons. The van der Waals surface area contributed by atoms with Gasteiger partial charge in [-0.25, -0.2) is 9.78 Å². The number of hydrogen-bond acceptors (Lipinski definition) is 5. The van der Waals surface area contributed by atoms with E-state index in [9.17, 15) is 14.4 Å². The molecule has 0 spiro atoms. The molecule has 1 N–H and O–H groups in total. The lowest BCUT2D eigenvalue weighted by Crippen LogP contribution is -2.38. The minimum Gasteiger partial charge on any atom is -0.436 e. The highest BCUT2D eigenvalue weighted by atomic mass is 16.4. The molecular formula is C12H14N4O4. The van der Waals surface area contributed by atoms with Crippen LogP contribution in [0.15, 0.2) is 20.1 Å². The highest BCUT2D eigenvalue weighted by molar-refractivity contribution is 6.02.